The third-order valence-corrected chi connectivity index (χ3v) is 3.04. The molecule has 0 aromatic carbocycles. The summed E-state index contributed by atoms with van der Waals surface area (Å²) in [5, 5.41) is 0. The van der Waals surface area contributed by atoms with Gasteiger partial charge in [-0.05, 0) is 6.92 Å². The van der Waals surface area contributed by atoms with Gasteiger partial charge in [0.05, 0.1) is 0 Å². The second-order valence-electron chi connectivity index (χ2n) is 3.26. The van der Waals surface area contributed by atoms with Crippen LogP contribution < -0.4 is 0 Å². The first-order chi connectivity index (χ1) is 6.02. The minimum Gasteiger partial charge on any atom is -0.332 e. The van der Waals surface area contributed by atoms with Crippen molar-refractivity contribution in [1.29, 1.82) is 0 Å². The molecule has 0 saturated carbocycles. The van der Waals surface area contributed by atoms with Crippen molar-refractivity contribution in [3.8, 4) is 0 Å². The van der Waals surface area contributed by atoms with E-state index in [-0.39, 0.29) is 11.8 Å². The summed E-state index contributed by atoms with van der Waals surface area (Å²) in [6.07, 6.45) is 1.90. The summed E-state index contributed by atoms with van der Waals surface area (Å²) < 4.78 is 10.9. The Morgan fingerprint density at radius 3 is 2.54 bits per heavy atom. The average molecular weight is 203 g/mol. The van der Waals surface area contributed by atoms with Crippen LogP contribution >= 0.6 is 0 Å². The maximum Gasteiger partial charge on any atom is 0.290 e. The summed E-state index contributed by atoms with van der Waals surface area (Å²) in [6.45, 7) is 2.30. The predicted molar refractivity (Wildman–Crippen MR) is 49.7 cm³/mol. The quantitative estimate of drug-likeness (QED) is 0.584. The highest BCUT2D eigenvalue weighted by atomic mass is 32.2. The lowest BCUT2D eigenvalue weighted by Crippen LogP contribution is -2.38. The first kappa shape index (κ1) is 10.4. The lowest BCUT2D eigenvalue weighted by molar-refractivity contribution is -0.140. The molecule has 0 spiro atoms. The fourth-order valence-electron chi connectivity index (χ4n) is 1.44. The van der Waals surface area contributed by atoms with E-state index in [1.807, 2.05) is 6.92 Å². The molecule has 0 bridgehead atoms. The van der Waals surface area contributed by atoms with Crippen LogP contribution in [0.2, 0.25) is 0 Å². The van der Waals surface area contributed by atoms with Gasteiger partial charge in [-0.3, -0.25) is 13.8 Å². The van der Waals surface area contributed by atoms with E-state index in [4.69, 9.17) is 0 Å². The molecule has 1 aliphatic heterocycles. The van der Waals surface area contributed by atoms with E-state index >= 15 is 0 Å². The number of amides is 1. The molecule has 5 heteroatoms. The number of carbonyl (C=O) groups is 2. The minimum atomic E-state index is -0.923. The molecule has 2 atom stereocenters. The Morgan fingerprint density at radius 1 is 1.54 bits per heavy atom. The van der Waals surface area contributed by atoms with E-state index in [9.17, 15) is 13.8 Å². The minimum absolute atomic E-state index is 0.0928. The smallest absolute Gasteiger partial charge is 0.290 e. The molecule has 74 valence electrons. The molecular weight excluding hydrogens is 190 g/mol. The number of Topliss-reactive ketones (excluding diaryl/α,β-unsaturated/α-hetero) is 1. The molecule has 1 rings (SSSR count). The maximum atomic E-state index is 11.2. The lowest BCUT2D eigenvalue weighted by Gasteiger charge is -2.22. The molecule has 13 heavy (non-hydrogen) atoms. The van der Waals surface area contributed by atoms with Gasteiger partial charge in [0.1, 0.15) is 0 Å². The Labute approximate surface area is 79.7 Å². The van der Waals surface area contributed by atoms with Crippen molar-refractivity contribution in [2.24, 2.45) is 0 Å². The summed E-state index contributed by atoms with van der Waals surface area (Å²) in [6, 6.07) is -0.0928. The zero-order valence-electron chi connectivity index (χ0n) is 7.78. The molecule has 0 aliphatic carbocycles. The van der Waals surface area contributed by atoms with Gasteiger partial charge in [0.25, 0.3) is 5.91 Å². The SMILES string of the molecule is CC(CS(C)=O)N1CCC(=O)C1=O. The number of rotatable bonds is 3. The molecule has 4 nitrogen and oxygen atoms in total. The van der Waals surface area contributed by atoms with Gasteiger partial charge in [-0.2, -0.15) is 0 Å². The van der Waals surface area contributed by atoms with Crippen LogP contribution in [0.5, 0.6) is 0 Å². The Balaban J connectivity index is 2.58. The number of likely N-dealkylation sites (tertiary alicyclic amines) is 1. The molecule has 1 aliphatic rings. The van der Waals surface area contributed by atoms with E-state index in [2.05, 4.69) is 0 Å². The van der Waals surface area contributed by atoms with E-state index in [0.717, 1.165) is 0 Å². The second kappa shape index (κ2) is 4.00. The van der Waals surface area contributed by atoms with Crippen molar-refractivity contribution in [2.75, 3.05) is 18.6 Å². The van der Waals surface area contributed by atoms with Crippen molar-refractivity contribution in [2.45, 2.75) is 19.4 Å². The zero-order valence-corrected chi connectivity index (χ0v) is 8.60. The van der Waals surface area contributed by atoms with Crippen LogP contribution in [0.25, 0.3) is 0 Å². The number of hydrogen-bond acceptors (Lipinski definition) is 3. The average Bonchev–Trinajstić information content (AvgIpc) is 2.31. The molecule has 0 radical (unpaired) electrons. The van der Waals surface area contributed by atoms with Gasteiger partial charge in [-0.15, -0.1) is 0 Å². The molecule has 2 unspecified atom stereocenters. The summed E-state index contributed by atoms with van der Waals surface area (Å²) in [5.74, 6) is -0.300. The van der Waals surface area contributed by atoms with Gasteiger partial charge in [0.2, 0.25) is 5.78 Å². The predicted octanol–water partition coefficient (Wildman–Crippen LogP) is -0.445. The van der Waals surface area contributed by atoms with Crippen molar-refractivity contribution >= 4 is 22.5 Å². The van der Waals surface area contributed by atoms with Crippen LogP contribution in [0, 0.1) is 0 Å². The fraction of sp³-hybridized carbons (Fsp3) is 0.750. The fourth-order valence-corrected chi connectivity index (χ4v) is 2.30. The van der Waals surface area contributed by atoms with E-state index in [0.29, 0.717) is 18.7 Å². The number of hydrogen-bond donors (Lipinski definition) is 0. The van der Waals surface area contributed by atoms with Crippen LogP contribution in [0.15, 0.2) is 0 Å². The maximum absolute atomic E-state index is 11.2. The lowest BCUT2D eigenvalue weighted by atomic mass is 10.3. The van der Waals surface area contributed by atoms with Crippen molar-refractivity contribution in [1.82, 2.24) is 4.90 Å². The number of nitrogens with zero attached hydrogens (tertiary/aromatic N) is 1. The van der Waals surface area contributed by atoms with Crippen LogP contribution in [-0.2, 0) is 20.4 Å². The highest BCUT2D eigenvalue weighted by Gasteiger charge is 2.32. The first-order valence-electron chi connectivity index (χ1n) is 4.16. The molecular formula is C8H13NO3S. The van der Waals surface area contributed by atoms with Crippen LogP contribution in [0.4, 0.5) is 0 Å². The monoisotopic (exact) mass is 203 g/mol. The Hall–Kier alpha value is -0.710. The van der Waals surface area contributed by atoms with Gasteiger partial charge < -0.3 is 4.90 Å². The van der Waals surface area contributed by atoms with Crippen LogP contribution in [0.3, 0.4) is 0 Å². The molecule has 1 amide bonds. The standard InChI is InChI=1S/C8H13NO3S/c1-6(5-13(2)12)9-4-3-7(10)8(9)11/h6H,3-5H2,1-2H3. The normalized spacial score (nSPS) is 22.2. The molecule has 1 saturated heterocycles. The Morgan fingerprint density at radius 2 is 2.15 bits per heavy atom. The summed E-state index contributed by atoms with van der Waals surface area (Å²) >= 11 is 0. The molecule has 1 heterocycles. The number of ketones is 1. The van der Waals surface area contributed by atoms with Gasteiger partial charge >= 0.3 is 0 Å². The van der Waals surface area contributed by atoms with Gasteiger partial charge in [-0.25, -0.2) is 0 Å². The van der Waals surface area contributed by atoms with Crippen LogP contribution in [0.1, 0.15) is 13.3 Å². The van der Waals surface area contributed by atoms with Crippen molar-refractivity contribution in [3.63, 3.8) is 0 Å². The van der Waals surface area contributed by atoms with Crippen LogP contribution in [-0.4, -0.2) is 45.4 Å². The van der Waals surface area contributed by atoms with Gasteiger partial charge in [0.15, 0.2) is 0 Å². The van der Waals surface area contributed by atoms with E-state index < -0.39 is 16.7 Å². The first-order valence-corrected chi connectivity index (χ1v) is 5.89. The Kier molecular flexibility index (Phi) is 3.19. The van der Waals surface area contributed by atoms with Crippen molar-refractivity contribution < 1.29 is 13.8 Å². The summed E-state index contributed by atoms with van der Waals surface area (Å²) in [7, 11) is -0.923. The third kappa shape index (κ3) is 2.37. The molecule has 0 aromatic heterocycles. The second-order valence-corrected chi connectivity index (χ2v) is 4.74. The number of carbonyl (C=O) groups excluding carboxylic acids is 2. The van der Waals surface area contributed by atoms with E-state index in [1.54, 1.807) is 6.26 Å². The van der Waals surface area contributed by atoms with E-state index in [1.165, 1.54) is 4.90 Å². The summed E-state index contributed by atoms with van der Waals surface area (Å²) in [5.41, 5.74) is 0. The van der Waals surface area contributed by atoms with Gasteiger partial charge in [-0.1, -0.05) is 0 Å². The molecule has 0 aromatic rings. The summed E-state index contributed by atoms with van der Waals surface area (Å²) in [4.78, 5) is 23.6. The third-order valence-electron chi connectivity index (χ3n) is 2.09. The largest absolute Gasteiger partial charge is 0.332 e. The Bertz CT molecular complexity index is 264. The zero-order chi connectivity index (χ0) is 10.0. The van der Waals surface area contributed by atoms with Crippen molar-refractivity contribution in [3.05, 3.63) is 0 Å². The molecule has 0 N–H and O–H groups in total. The topological polar surface area (TPSA) is 54.5 Å². The highest BCUT2D eigenvalue weighted by molar-refractivity contribution is 7.84. The molecule has 1 fully saturated rings. The highest BCUT2D eigenvalue weighted by Crippen LogP contribution is 2.11. The van der Waals surface area contributed by atoms with Gasteiger partial charge in [0, 0.05) is 41.8 Å².